The van der Waals surface area contributed by atoms with Gasteiger partial charge in [-0.05, 0) is 67.0 Å². The number of allylic oxidation sites excluding steroid dienone is 3. The van der Waals surface area contributed by atoms with Crippen LogP contribution in [0, 0.1) is 48.5 Å². The Morgan fingerprint density at radius 1 is 0.676 bits per heavy atom. The first-order chi connectivity index (χ1) is 16.1. The van der Waals surface area contributed by atoms with Crippen LogP contribution in [0.5, 0.6) is 0 Å². The lowest BCUT2D eigenvalue weighted by Gasteiger charge is -2.46. The number of nitrogens with zero attached hydrogens (tertiary/aromatic N) is 1. The van der Waals surface area contributed by atoms with Gasteiger partial charge in [0.2, 0.25) is 6.21 Å². The van der Waals surface area contributed by atoms with E-state index in [-0.39, 0.29) is 1.43 Å². The van der Waals surface area contributed by atoms with Crippen LogP contribution in [-0.4, -0.2) is 12.4 Å². The second-order valence-electron chi connectivity index (χ2n) is 11.0. The van der Waals surface area contributed by atoms with Crippen LogP contribution in [0.4, 0.5) is 0 Å². The zero-order chi connectivity index (χ0) is 24.4. The van der Waals surface area contributed by atoms with Crippen molar-refractivity contribution in [2.45, 2.75) is 61.7 Å². The van der Waals surface area contributed by atoms with Crippen LogP contribution in [0.3, 0.4) is 0 Å². The summed E-state index contributed by atoms with van der Waals surface area (Å²) in [6.45, 7) is 18.0. The SMILES string of the molecule is CC1=CC2=C([N+]=C1)[B-](c1c(C)cc(C)cc1C)(c1c(C)cc(C)cc1C)Cc1ccc(C)cc12.[H+]. The Hall–Kier alpha value is -3.13. The summed E-state index contributed by atoms with van der Waals surface area (Å²) in [5.41, 5.74) is 19.0. The van der Waals surface area contributed by atoms with E-state index in [0.717, 1.165) is 6.32 Å². The summed E-state index contributed by atoms with van der Waals surface area (Å²) in [4.78, 5) is 5.29. The van der Waals surface area contributed by atoms with Crippen molar-refractivity contribution in [3.8, 4) is 0 Å². The van der Waals surface area contributed by atoms with E-state index in [0.29, 0.717) is 0 Å². The second-order valence-corrected chi connectivity index (χ2v) is 11.0. The first kappa shape index (κ1) is 22.7. The van der Waals surface area contributed by atoms with Gasteiger partial charge < -0.3 is 0 Å². The molecule has 0 spiro atoms. The highest BCUT2D eigenvalue weighted by Crippen LogP contribution is 2.39. The summed E-state index contributed by atoms with van der Waals surface area (Å²) in [6, 6.07) is 16.5. The molecule has 0 bridgehead atoms. The van der Waals surface area contributed by atoms with E-state index < -0.39 is 6.15 Å². The summed E-state index contributed by atoms with van der Waals surface area (Å²) >= 11 is 0. The van der Waals surface area contributed by atoms with E-state index in [2.05, 4.69) is 110 Å². The largest absolute Gasteiger partial charge is 1.00 e. The van der Waals surface area contributed by atoms with Gasteiger partial charge in [-0.25, -0.2) is 0 Å². The van der Waals surface area contributed by atoms with E-state index in [1.54, 1.807) is 0 Å². The molecule has 34 heavy (non-hydrogen) atoms. The molecule has 0 atom stereocenters. The van der Waals surface area contributed by atoms with Crippen LogP contribution in [0.2, 0.25) is 0 Å². The van der Waals surface area contributed by atoms with Crippen LogP contribution in [0.15, 0.2) is 59.7 Å². The Kier molecular flexibility index (Phi) is 5.32. The molecule has 0 unspecified atom stereocenters. The topological polar surface area (TPSA) is 14.1 Å². The highest BCUT2D eigenvalue weighted by atomic mass is 14.7. The second kappa shape index (κ2) is 7.98. The Morgan fingerprint density at radius 3 is 1.74 bits per heavy atom. The van der Waals surface area contributed by atoms with Gasteiger partial charge in [0.1, 0.15) is 5.60 Å². The molecule has 3 aromatic rings. The number of hydrogen-bond donors (Lipinski definition) is 0. The maximum absolute atomic E-state index is 5.29. The molecule has 1 radical (unpaired) electrons. The molecule has 0 saturated heterocycles. The summed E-state index contributed by atoms with van der Waals surface area (Å²) in [5, 5.41) is 0. The van der Waals surface area contributed by atoms with Gasteiger partial charge in [0, 0.05) is 16.1 Å². The smallest absolute Gasteiger partial charge is 0.186 e. The third-order valence-corrected chi connectivity index (χ3v) is 8.07. The third kappa shape index (κ3) is 3.35. The number of fused-ring (bicyclic) bond motifs is 2. The number of hydrogen-bond acceptors (Lipinski definition) is 1. The van der Waals surface area contributed by atoms with Gasteiger partial charge in [-0.3, -0.25) is 0 Å². The van der Waals surface area contributed by atoms with E-state index in [1.807, 2.05) is 0 Å². The van der Waals surface area contributed by atoms with Gasteiger partial charge in [0.05, 0.1) is 0 Å². The van der Waals surface area contributed by atoms with Gasteiger partial charge >= 0.3 is 1.43 Å². The van der Waals surface area contributed by atoms with Gasteiger partial charge in [0.15, 0.2) is 6.15 Å². The molecule has 171 valence electrons. The fourth-order valence-electron chi connectivity index (χ4n) is 7.29. The monoisotopic (exact) mass is 445 g/mol. The first-order valence-electron chi connectivity index (χ1n) is 12.5. The molecule has 0 fully saturated rings. The zero-order valence-corrected chi connectivity index (χ0v) is 21.9. The maximum Gasteiger partial charge on any atom is 1.00 e. The molecule has 2 heterocycles. The summed E-state index contributed by atoms with van der Waals surface area (Å²) < 4.78 is 0. The molecule has 1 nitrogen and oxygen atoms in total. The minimum Gasteiger partial charge on any atom is -0.186 e. The van der Waals surface area contributed by atoms with Crippen molar-refractivity contribution in [2.75, 3.05) is 0 Å². The molecular formula is C32H36BN+. The molecule has 0 aromatic heterocycles. The fourth-order valence-corrected chi connectivity index (χ4v) is 7.29. The number of benzene rings is 3. The summed E-state index contributed by atoms with van der Waals surface area (Å²) in [6.07, 6.45) is 4.12. The van der Waals surface area contributed by atoms with Crippen LogP contribution in [0.1, 0.15) is 58.4 Å². The van der Waals surface area contributed by atoms with Crippen molar-refractivity contribution in [1.29, 1.82) is 0 Å². The van der Waals surface area contributed by atoms with Crippen molar-refractivity contribution >= 4 is 28.9 Å². The van der Waals surface area contributed by atoms with Crippen LogP contribution in [0.25, 0.3) is 5.57 Å². The number of rotatable bonds is 2. The van der Waals surface area contributed by atoms with Crippen molar-refractivity contribution in [1.82, 2.24) is 4.99 Å². The first-order valence-corrected chi connectivity index (χ1v) is 12.5. The molecule has 2 heteroatoms. The Bertz CT molecular complexity index is 1350. The maximum atomic E-state index is 5.29. The quantitative estimate of drug-likeness (QED) is 0.434. The van der Waals surface area contributed by atoms with Crippen LogP contribution >= 0.6 is 0 Å². The molecule has 2 aliphatic rings. The molecule has 0 aliphatic carbocycles. The molecule has 0 saturated carbocycles. The molecule has 2 aliphatic heterocycles. The van der Waals surface area contributed by atoms with E-state index in [4.69, 9.17) is 4.99 Å². The Balaban J connectivity index is 0.00000289. The normalized spacial score (nSPS) is 16.3. The third-order valence-electron chi connectivity index (χ3n) is 8.07. The number of aliphatic imine (C=N–C) groups is 1. The van der Waals surface area contributed by atoms with E-state index in [1.165, 1.54) is 77.7 Å². The lowest BCUT2D eigenvalue weighted by molar-refractivity contribution is 1.17. The Morgan fingerprint density at radius 2 is 1.21 bits per heavy atom. The lowest BCUT2D eigenvalue weighted by atomic mass is 9.12. The minimum absolute atomic E-state index is 0. The van der Waals surface area contributed by atoms with E-state index >= 15 is 0 Å². The van der Waals surface area contributed by atoms with Gasteiger partial charge in [-0.2, -0.15) is 10.9 Å². The van der Waals surface area contributed by atoms with Gasteiger partial charge in [0.25, 0.3) is 0 Å². The van der Waals surface area contributed by atoms with Crippen molar-refractivity contribution in [2.24, 2.45) is 0 Å². The standard InChI is InChI=1S/C32H35BN/c1-19-9-10-27-17-33(30-23(5)11-20(2)12-24(30)6,31-25(7)13-21(3)14-26(31)8)32-29(28(27)15-19)16-22(4)18-34-32/h9-16,18H,17H2,1-8H3/p+1. The highest BCUT2D eigenvalue weighted by Gasteiger charge is 2.47. The molecule has 0 amide bonds. The summed E-state index contributed by atoms with van der Waals surface area (Å²) in [7, 11) is 0. The predicted octanol–water partition coefficient (Wildman–Crippen LogP) is 5.93. The van der Waals surface area contributed by atoms with Crippen molar-refractivity contribution in [3.05, 3.63) is 110 Å². The predicted molar refractivity (Wildman–Crippen MR) is 151 cm³/mol. The van der Waals surface area contributed by atoms with Crippen LogP contribution < -0.4 is 15.9 Å². The van der Waals surface area contributed by atoms with Gasteiger partial charge in [-0.1, -0.05) is 87.0 Å². The molecule has 3 aromatic carbocycles. The lowest BCUT2D eigenvalue weighted by Crippen LogP contribution is -2.67. The van der Waals surface area contributed by atoms with Crippen molar-refractivity contribution < 1.29 is 1.43 Å². The summed E-state index contributed by atoms with van der Waals surface area (Å²) in [5.74, 6) is 0. The average Bonchev–Trinajstić information content (AvgIpc) is 2.72. The fraction of sp³-hybridized carbons (Fsp3) is 0.281. The van der Waals surface area contributed by atoms with E-state index in [9.17, 15) is 0 Å². The highest BCUT2D eigenvalue weighted by molar-refractivity contribution is 7.08. The van der Waals surface area contributed by atoms with Gasteiger partial charge in [-0.15, -0.1) is 6.32 Å². The van der Waals surface area contributed by atoms with Crippen molar-refractivity contribution in [3.63, 3.8) is 0 Å². The van der Waals surface area contributed by atoms with Crippen LogP contribution in [-0.2, 0) is 6.32 Å². The zero-order valence-electron chi connectivity index (χ0n) is 22.9. The molecule has 0 N–H and O–H groups in total. The molecule has 5 rings (SSSR count). The Labute approximate surface area is 206 Å². The number of aryl methyl sites for hydroxylation is 7. The molecular weight excluding hydrogens is 409 g/mol. The minimum atomic E-state index is -1.30. The average molecular weight is 445 g/mol.